The van der Waals surface area contributed by atoms with Crippen LogP contribution in [-0.2, 0) is 0 Å². The summed E-state index contributed by atoms with van der Waals surface area (Å²) in [6.45, 7) is 0. The maximum absolute atomic E-state index is 8.94. The highest BCUT2D eigenvalue weighted by Gasteiger charge is 2.22. The van der Waals surface area contributed by atoms with Crippen molar-refractivity contribution >= 4 is 11.6 Å². The van der Waals surface area contributed by atoms with E-state index in [1.807, 2.05) is 6.07 Å². The topological polar surface area (TPSA) is 33.0 Å². The zero-order chi connectivity index (χ0) is 11.5. The number of rotatable bonds is 2. The number of ether oxygens (including phenoxy) is 1. The first-order valence-electron chi connectivity index (χ1n) is 5.53. The molecule has 3 heteroatoms. The van der Waals surface area contributed by atoms with Gasteiger partial charge >= 0.3 is 0 Å². The minimum Gasteiger partial charge on any atom is -0.495 e. The van der Waals surface area contributed by atoms with Gasteiger partial charge in [-0.05, 0) is 30.9 Å². The molecule has 0 atom stereocenters. The largest absolute Gasteiger partial charge is 0.495 e. The number of benzene rings is 1. The summed E-state index contributed by atoms with van der Waals surface area (Å²) >= 11 is 6.12. The molecule has 2 rings (SSSR count). The molecule has 0 aliphatic heterocycles. The summed E-state index contributed by atoms with van der Waals surface area (Å²) in [4.78, 5) is 0. The molecule has 2 nitrogen and oxygen atoms in total. The maximum Gasteiger partial charge on any atom is 0.141 e. The van der Waals surface area contributed by atoms with Gasteiger partial charge in [-0.15, -0.1) is 0 Å². The molecule has 1 fully saturated rings. The van der Waals surface area contributed by atoms with Crippen LogP contribution in [0.3, 0.4) is 0 Å². The standard InChI is InChI=1S/C13H14ClNO/c1-16-13-11(10-4-2-3-5-10)6-9(8-15)7-12(13)14/h6-7,10H,2-5H2,1H3. The highest BCUT2D eigenvalue weighted by atomic mass is 35.5. The molecule has 0 saturated heterocycles. The van der Waals surface area contributed by atoms with Crippen molar-refractivity contribution in [2.45, 2.75) is 31.6 Å². The Morgan fingerprint density at radius 2 is 2.06 bits per heavy atom. The molecular weight excluding hydrogens is 222 g/mol. The van der Waals surface area contributed by atoms with Crippen molar-refractivity contribution in [1.29, 1.82) is 5.26 Å². The van der Waals surface area contributed by atoms with Crippen LogP contribution in [0.1, 0.15) is 42.7 Å². The van der Waals surface area contributed by atoms with Crippen LogP contribution in [0, 0.1) is 11.3 Å². The molecule has 0 spiro atoms. The van der Waals surface area contributed by atoms with Crippen LogP contribution in [0.15, 0.2) is 12.1 Å². The van der Waals surface area contributed by atoms with Gasteiger partial charge in [0.1, 0.15) is 5.75 Å². The summed E-state index contributed by atoms with van der Waals surface area (Å²) in [5.41, 5.74) is 1.72. The molecule has 84 valence electrons. The second-order valence-corrected chi connectivity index (χ2v) is 4.58. The van der Waals surface area contributed by atoms with Crippen LogP contribution < -0.4 is 4.74 Å². The molecule has 1 aliphatic rings. The van der Waals surface area contributed by atoms with E-state index in [0.717, 1.165) is 11.3 Å². The molecule has 1 aromatic carbocycles. The van der Waals surface area contributed by atoms with Crippen molar-refractivity contribution in [3.63, 3.8) is 0 Å². The lowest BCUT2D eigenvalue weighted by atomic mass is 9.95. The van der Waals surface area contributed by atoms with Gasteiger partial charge in [-0.2, -0.15) is 5.26 Å². The van der Waals surface area contributed by atoms with Gasteiger partial charge < -0.3 is 4.74 Å². The predicted molar refractivity (Wildman–Crippen MR) is 63.9 cm³/mol. The van der Waals surface area contributed by atoms with E-state index >= 15 is 0 Å². The van der Waals surface area contributed by atoms with Crippen molar-refractivity contribution in [3.8, 4) is 11.8 Å². The van der Waals surface area contributed by atoms with E-state index in [4.69, 9.17) is 21.6 Å². The average Bonchev–Trinajstić information content (AvgIpc) is 2.81. The fraction of sp³-hybridized carbons (Fsp3) is 0.462. The van der Waals surface area contributed by atoms with E-state index in [-0.39, 0.29) is 0 Å². The van der Waals surface area contributed by atoms with E-state index < -0.39 is 0 Å². The molecule has 0 heterocycles. The molecule has 16 heavy (non-hydrogen) atoms. The van der Waals surface area contributed by atoms with Gasteiger partial charge in [0.05, 0.1) is 23.8 Å². The van der Waals surface area contributed by atoms with Gasteiger partial charge in [0, 0.05) is 5.56 Å². The smallest absolute Gasteiger partial charge is 0.141 e. The molecule has 1 aromatic rings. The lowest BCUT2D eigenvalue weighted by Gasteiger charge is -2.15. The third kappa shape index (κ3) is 2.01. The Kier molecular flexibility index (Phi) is 3.36. The quantitative estimate of drug-likeness (QED) is 0.780. The van der Waals surface area contributed by atoms with Crippen molar-refractivity contribution in [1.82, 2.24) is 0 Å². The van der Waals surface area contributed by atoms with Crippen LogP contribution in [0.25, 0.3) is 0 Å². The average molecular weight is 236 g/mol. The third-order valence-electron chi connectivity index (χ3n) is 3.20. The first kappa shape index (κ1) is 11.3. The molecule has 0 amide bonds. The van der Waals surface area contributed by atoms with E-state index in [2.05, 4.69) is 6.07 Å². The van der Waals surface area contributed by atoms with Crippen LogP contribution >= 0.6 is 11.6 Å². The van der Waals surface area contributed by atoms with Crippen LogP contribution in [0.4, 0.5) is 0 Å². The van der Waals surface area contributed by atoms with Gasteiger partial charge in [-0.25, -0.2) is 0 Å². The second-order valence-electron chi connectivity index (χ2n) is 4.17. The Labute approximate surface area is 101 Å². The van der Waals surface area contributed by atoms with Crippen molar-refractivity contribution in [2.24, 2.45) is 0 Å². The summed E-state index contributed by atoms with van der Waals surface area (Å²) in [5, 5.41) is 9.49. The SMILES string of the molecule is COc1c(Cl)cc(C#N)cc1C1CCCC1. The molecule has 0 radical (unpaired) electrons. The lowest BCUT2D eigenvalue weighted by Crippen LogP contribution is -1.99. The van der Waals surface area contributed by atoms with E-state index in [1.54, 1.807) is 13.2 Å². The molecule has 1 aliphatic carbocycles. The number of nitrogens with zero attached hydrogens (tertiary/aromatic N) is 1. The summed E-state index contributed by atoms with van der Waals surface area (Å²) < 4.78 is 5.35. The van der Waals surface area contributed by atoms with E-state index in [9.17, 15) is 0 Å². The van der Waals surface area contributed by atoms with Crippen LogP contribution in [-0.4, -0.2) is 7.11 Å². The zero-order valence-corrected chi connectivity index (χ0v) is 10.0. The summed E-state index contributed by atoms with van der Waals surface area (Å²) in [6, 6.07) is 5.73. The predicted octanol–water partition coefficient (Wildman–Crippen LogP) is 3.88. The van der Waals surface area contributed by atoms with Gasteiger partial charge in [0.15, 0.2) is 0 Å². The highest BCUT2D eigenvalue weighted by Crippen LogP contribution is 2.42. The zero-order valence-electron chi connectivity index (χ0n) is 9.29. The number of hydrogen-bond donors (Lipinski definition) is 0. The summed E-state index contributed by atoms with van der Waals surface area (Å²) in [6.07, 6.45) is 4.84. The summed E-state index contributed by atoms with van der Waals surface area (Å²) in [5.74, 6) is 1.24. The van der Waals surface area contributed by atoms with E-state index in [0.29, 0.717) is 16.5 Å². The Balaban J connectivity index is 2.47. The van der Waals surface area contributed by atoms with Crippen molar-refractivity contribution in [2.75, 3.05) is 7.11 Å². The fourth-order valence-electron chi connectivity index (χ4n) is 2.43. The minimum absolute atomic E-state index is 0.501. The Morgan fingerprint density at radius 3 is 2.62 bits per heavy atom. The Hall–Kier alpha value is -1.20. The number of nitriles is 1. The van der Waals surface area contributed by atoms with Gasteiger partial charge in [0.2, 0.25) is 0 Å². The number of halogens is 1. The molecule has 0 bridgehead atoms. The monoisotopic (exact) mass is 235 g/mol. The molecule has 0 aromatic heterocycles. The van der Waals surface area contributed by atoms with Gasteiger partial charge in [-0.3, -0.25) is 0 Å². The second kappa shape index (κ2) is 4.76. The Morgan fingerprint density at radius 1 is 1.38 bits per heavy atom. The number of methoxy groups -OCH3 is 1. The van der Waals surface area contributed by atoms with Gasteiger partial charge in [-0.1, -0.05) is 24.4 Å². The van der Waals surface area contributed by atoms with Gasteiger partial charge in [0.25, 0.3) is 0 Å². The molecule has 0 unspecified atom stereocenters. The Bertz CT molecular complexity index is 430. The lowest BCUT2D eigenvalue weighted by molar-refractivity contribution is 0.405. The minimum atomic E-state index is 0.501. The number of hydrogen-bond acceptors (Lipinski definition) is 2. The van der Waals surface area contributed by atoms with E-state index in [1.165, 1.54) is 25.7 Å². The highest BCUT2D eigenvalue weighted by molar-refractivity contribution is 6.32. The molecular formula is C13H14ClNO. The summed E-state index contributed by atoms with van der Waals surface area (Å²) in [7, 11) is 1.63. The maximum atomic E-state index is 8.94. The normalized spacial score (nSPS) is 16.1. The fourth-order valence-corrected chi connectivity index (χ4v) is 2.74. The van der Waals surface area contributed by atoms with Crippen LogP contribution in [0.2, 0.25) is 5.02 Å². The first-order valence-corrected chi connectivity index (χ1v) is 5.91. The molecule has 1 saturated carbocycles. The third-order valence-corrected chi connectivity index (χ3v) is 3.48. The van der Waals surface area contributed by atoms with Crippen molar-refractivity contribution in [3.05, 3.63) is 28.3 Å². The van der Waals surface area contributed by atoms with Crippen molar-refractivity contribution < 1.29 is 4.74 Å². The van der Waals surface area contributed by atoms with Crippen LogP contribution in [0.5, 0.6) is 5.75 Å². The molecule has 0 N–H and O–H groups in total. The first-order chi connectivity index (χ1) is 7.76.